The molecule has 1 heterocycles. The van der Waals surface area contributed by atoms with Crippen LogP contribution in [0.4, 0.5) is 0 Å². The van der Waals surface area contributed by atoms with Crippen LogP contribution in [0.5, 0.6) is 0 Å². The lowest BCUT2D eigenvalue weighted by atomic mass is 10.0. The van der Waals surface area contributed by atoms with E-state index in [9.17, 15) is 4.79 Å². The Morgan fingerprint density at radius 2 is 1.81 bits per heavy atom. The Bertz CT molecular complexity index is 304. The zero-order valence-corrected chi connectivity index (χ0v) is 14.8. The molecule has 1 amide bonds. The van der Waals surface area contributed by atoms with Gasteiger partial charge < -0.3 is 4.90 Å². The smallest absolute Gasteiger partial charge is 0.241 e. The molecule has 1 rings (SSSR count). The topological polar surface area (TPSA) is 32.3 Å². The Labute approximate surface area is 131 Å². The maximum atomic E-state index is 12.7. The fourth-order valence-corrected chi connectivity index (χ4v) is 3.37. The van der Waals surface area contributed by atoms with E-state index in [1.807, 2.05) is 0 Å². The van der Waals surface area contributed by atoms with Gasteiger partial charge in [-0.25, -0.2) is 0 Å². The van der Waals surface area contributed by atoms with Gasteiger partial charge in [0.25, 0.3) is 0 Å². The molecule has 0 saturated carbocycles. The van der Waals surface area contributed by atoms with Crippen molar-refractivity contribution >= 4 is 5.91 Å². The van der Waals surface area contributed by atoms with E-state index in [4.69, 9.17) is 0 Å². The Hall–Kier alpha value is -0.570. The number of carbonyl (C=O) groups is 1. The summed E-state index contributed by atoms with van der Waals surface area (Å²) in [4.78, 5) is 14.8. The first-order chi connectivity index (χ1) is 10.0. The van der Waals surface area contributed by atoms with Crippen molar-refractivity contribution in [3.63, 3.8) is 0 Å². The molecule has 1 aliphatic heterocycles. The zero-order valence-electron chi connectivity index (χ0n) is 14.8. The lowest BCUT2D eigenvalue weighted by Gasteiger charge is -2.31. The molecule has 0 aromatic rings. The van der Waals surface area contributed by atoms with E-state index >= 15 is 0 Å². The van der Waals surface area contributed by atoms with E-state index < -0.39 is 0 Å². The van der Waals surface area contributed by atoms with Gasteiger partial charge in [-0.15, -0.1) is 0 Å². The second-order valence-corrected chi connectivity index (χ2v) is 7.10. The summed E-state index contributed by atoms with van der Waals surface area (Å²) in [6.07, 6.45) is 9.60. The predicted molar refractivity (Wildman–Crippen MR) is 90.1 cm³/mol. The SMILES string of the molecule is CCCCCCC(C)N1C(=O)C(CCC)NC1CC(C)C. The van der Waals surface area contributed by atoms with Crippen LogP contribution in [0.2, 0.25) is 0 Å². The minimum atomic E-state index is 0.0526. The van der Waals surface area contributed by atoms with Gasteiger partial charge in [-0.2, -0.15) is 0 Å². The van der Waals surface area contributed by atoms with Gasteiger partial charge in [0, 0.05) is 6.04 Å². The fraction of sp³-hybridized carbons (Fsp3) is 0.944. The number of unbranched alkanes of at least 4 members (excludes halogenated alkanes) is 3. The molecule has 124 valence electrons. The fourth-order valence-electron chi connectivity index (χ4n) is 3.37. The van der Waals surface area contributed by atoms with Crippen LogP contribution in [0.15, 0.2) is 0 Å². The predicted octanol–water partition coefficient (Wildman–Crippen LogP) is 4.32. The van der Waals surface area contributed by atoms with Crippen molar-refractivity contribution in [2.24, 2.45) is 5.92 Å². The molecule has 1 fully saturated rings. The molecule has 3 heteroatoms. The summed E-state index contributed by atoms with van der Waals surface area (Å²) in [5.41, 5.74) is 0. The van der Waals surface area contributed by atoms with Gasteiger partial charge in [0.1, 0.15) is 0 Å². The van der Waals surface area contributed by atoms with E-state index in [1.54, 1.807) is 0 Å². The number of hydrogen-bond donors (Lipinski definition) is 1. The van der Waals surface area contributed by atoms with Crippen LogP contribution in [-0.4, -0.2) is 29.1 Å². The molecular formula is C18H36N2O. The van der Waals surface area contributed by atoms with Crippen molar-refractivity contribution in [2.75, 3.05) is 0 Å². The standard InChI is InChI=1S/C18H36N2O/c1-6-8-9-10-12-15(5)20-17(13-14(3)4)19-16(11-7-2)18(20)21/h14-17,19H,6-13H2,1-5H3. The lowest BCUT2D eigenvalue weighted by Crippen LogP contribution is -2.44. The first-order valence-electron chi connectivity index (χ1n) is 9.09. The highest BCUT2D eigenvalue weighted by Crippen LogP contribution is 2.24. The summed E-state index contributed by atoms with van der Waals surface area (Å²) in [7, 11) is 0. The van der Waals surface area contributed by atoms with Crippen molar-refractivity contribution in [3.05, 3.63) is 0 Å². The van der Waals surface area contributed by atoms with Crippen molar-refractivity contribution in [1.29, 1.82) is 0 Å². The molecule has 0 spiro atoms. The minimum Gasteiger partial charge on any atom is -0.323 e. The minimum absolute atomic E-state index is 0.0526. The molecule has 1 N–H and O–H groups in total. The van der Waals surface area contributed by atoms with Crippen LogP contribution in [0.3, 0.4) is 0 Å². The van der Waals surface area contributed by atoms with Gasteiger partial charge in [0.05, 0.1) is 12.2 Å². The molecule has 0 aromatic carbocycles. The average Bonchev–Trinajstić information content (AvgIpc) is 2.71. The second kappa shape index (κ2) is 9.45. The van der Waals surface area contributed by atoms with Crippen LogP contribution in [0.25, 0.3) is 0 Å². The maximum absolute atomic E-state index is 12.7. The molecule has 3 atom stereocenters. The molecule has 21 heavy (non-hydrogen) atoms. The van der Waals surface area contributed by atoms with Crippen LogP contribution in [0.1, 0.15) is 86.0 Å². The van der Waals surface area contributed by atoms with Gasteiger partial charge in [-0.3, -0.25) is 10.1 Å². The highest BCUT2D eigenvalue weighted by atomic mass is 16.2. The largest absolute Gasteiger partial charge is 0.323 e. The first-order valence-corrected chi connectivity index (χ1v) is 9.09. The molecule has 0 bridgehead atoms. The summed E-state index contributed by atoms with van der Waals surface area (Å²) in [6, 6.07) is 0.421. The molecule has 0 aliphatic carbocycles. The maximum Gasteiger partial charge on any atom is 0.241 e. The Morgan fingerprint density at radius 1 is 1.10 bits per heavy atom. The number of nitrogens with one attached hydrogen (secondary N) is 1. The van der Waals surface area contributed by atoms with Crippen LogP contribution < -0.4 is 5.32 Å². The summed E-state index contributed by atoms with van der Waals surface area (Å²) in [5.74, 6) is 0.955. The van der Waals surface area contributed by atoms with E-state index in [1.165, 1.54) is 25.7 Å². The van der Waals surface area contributed by atoms with E-state index in [-0.39, 0.29) is 12.2 Å². The summed E-state index contributed by atoms with van der Waals surface area (Å²) < 4.78 is 0. The highest BCUT2D eigenvalue weighted by Gasteiger charge is 2.40. The quantitative estimate of drug-likeness (QED) is 0.609. The second-order valence-electron chi connectivity index (χ2n) is 7.10. The Balaban J connectivity index is 2.61. The van der Waals surface area contributed by atoms with E-state index in [0.717, 1.165) is 25.7 Å². The van der Waals surface area contributed by atoms with Crippen molar-refractivity contribution in [3.8, 4) is 0 Å². The molecule has 0 aromatic heterocycles. The normalized spacial score (nSPS) is 24.1. The highest BCUT2D eigenvalue weighted by molar-refractivity contribution is 5.84. The van der Waals surface area contributed by atoms with E-state index in [2.05, 4.69) is 44.8 Å². The third-order valence-electron chi connectivity index (χ3n) is 4.50. The van der Waals surface area contributed by atoms with Crippen molar-refractivity contribution < 1.29 is 4.79 Å². The number of carbonyl (C=O) groups excluding carboxylic acids is 1. The van der Waals surface area contributed by atoms with Crippen molar-refractivity contribution in [2.45, 2.75) is 104 Å². The first kappa shape index (κ1) is 18.5. The number of nitrogens with zero attached hydrogens (tertiary/aromatic N) is 1. The Kier molecular flexibility index (Phi) is 8.31. The average molecular weight is 296 g/mol. The number of hydrogen-bond acceptors (Lipinski definition) is 2. The van der Waals surface area contributed by atoms with Crippen LogP contribution >= 0.6 is 0 Å². The zero-order chi connectivity index (χ0) is 15.8. The van der Waals surface area contributed by atoms with Crippen molar-refractivity contribution in [1.82, 2.24) is 10.2 Å². The molecule has 3 unspecified atom stereocenters. The summed E-state index contributed by atoms with van der Waals surface area (Å²) >= 11 is 0. The van der Waals surface area contributed by atoms with E-state index in [0.29, 0.717) is 17.9 Å². The summed E-state index contributed by atoms with van der Waals surface area (Å²) in [6.45, 7) is 11.1. The van der Waals surface area contributed by atoms with Crippen LogP contribution in [0, 0.1) is 5.92 Å². The third kappa shape index (κ3) is 5.61. The molecular weight excluding hydrogens is 260 g/mol. The molecule has 1 saturated heterocycles. The van der Waals surface area contributed by atoms with Gasteiger partial charge in [0.2, 0.25) is 5.91 Å². The number of amides is 1. The van der Waals surface area contributed by atoms with Gasteiger partial charge in [-0.05, 0) is 32.1 Å². The summed E-state index contributed by atoms with van der Waals surface area (Å²) in [5, 5.41) is 3.58. The molecule has 3 nitrogen and oxygen atoms in total. The lowest BCUT2D eigenvalue weighted by molar-refractivity contribution is -0.132. The van der Waals surface area contributed by atoms with Gasteiger partial charge in [-0.1, -0.05) is 59.8 Å². The molecule has 1 aliphatic rings. The Morgan fingerprint density at radius 3 is 2.38 bits per heavy atom. The van der Waals surface area contributed by atoms with Gasteiger partial charge in [0.15, 0.2) is 0 Å². The number of rotatable bonds is 10. The molecule has 0 radical (unpaired) electrons. The monoisotopic (exact) mass is 296 g/mol. The van der Waals surface area contributed by atoms with Crippen LogP contribution in [-0.2, 0) is 4.79 Å². The van der Waals surface area contributed by atoms with Gasteiger partial charge >= 0.3 is 0 Å². The third-order valence-corrected chi connectivity index (χ3v) is 4.50.